The predicted molar refractivity (Wildman–Crippen MR) is 97.9 cm³/mol. The second kappa shape index (κ2) is 7.33. The Balaban J connectivity index is 1.66. The lowest BCUT2D eigenvalue weighted by molar-refractivity contribution is -0.126. The second-order valence-corrected chi connectivity index (χ2v) is 7.05. The number of nitrogens with zero attached hydrogens (tertiary/aromatic N) is 3. The van der Waals surface area contributed by atoms with E-state index >= 15 is 0 Å². The molecule has 122 valence electrons. The summed E-state index contributed by atoms with van der Waals surface area (Å²) in [5, 5.41) is 9.35. The van der Waals surface area contributed by atoms with Gasteiger partial charge in [0, 0.05) is 41.6 Å². The average molecular weight is 337 g/mol. The number of anilines is 1. The van der Waals surface area contributed by atoms with E-state index in [0.29, 0.717) is 13.1 Å². The van der Waals surface area contributed by atoms with Crippen LogP contribution in [0.15, 0.2) is 48.0 Å². The third kappa shape index (κ3) is 3.66. The molecule has 0 aliphatic carbocycles. The Morgan fingerprint density at radius 3 is 2.42 bits per heavy atom. The average Bonchev–Trinajstić information content (AvgIpc) is 3.05. The first-order chi connectivity index (χ1) is 11.7. The molecule has 1 aliphatic heterocycles. The van der Waals surface area contributed by atoms with E-state index in [9.17, 15) is 10.1 Å². The third-order valence-corrected chi connectivity index (χ3v) is 5.03. The number of para-hydroxylation sites is 1. The number of carbonyl (C=O) groups excluding carboxylic acids is 1. The van der Waals surface area contributed by atoms with Crippen molar-refractivity contribution < 1.29 is 4.79 Å². The highest BCUT2D eigenvalue weighted by molar-refractivity contribution is 7.12. The second-order valence-electron chi connectivity index (χ2n) is 5.73. The zero-order valence-corrected chi connectivity index (χ0v) is 14.4. The summed E-state index contributed by atoms with van der Waals surface area (Å²) in [4.78, 5) is 18.8. The van der Waals surface area contributed by atoms with Gasteiger partial charge < -0.3 is 9.80 Å². The van der Waals surface area contributed by atoms with Crippen molar-refractivity contribution in [1.29, 1.82) is 5.26 Å². The Morgan fingerprint density at radius 2 is 1.83 bits per heavy atom. The van der Waals surface area contributed by atoms with Crippen molar-refractivity contribution >= 4 is 29.0 Å². The van der Waals surface area contributed by atoms with Crippen LogP contribution in [-0.2, 0) is 4.79 Å². The molecule has 1 aliphatic rings. The molecular formula is C19H19N3OS. The van der Waals surface area contributed by atoms with E-state index in [2.05, 4.69) is 23.1 Å². The van der Waals surface area contributed by atoms with Crippen LogP contribution in [0.2, 0.25) is 0 Å². The van der Waals surface area contributed by atoms with E-state index in [-0.39, 0.29) is 11.5 Å². The van der Waals surface area contributed by atoms with Gasteiger partial charge >= 0.3 is 0 Å². The molecule has 2 aromatic rings. The van der Waals surface area contributed by atoms with Crippen molar-refractivity contribution in [3.63, 3.8) is 0 Å². The minimum absolute atomic E-state index is 0.170. The summed E-state index contributed by atoms with van der Waals surface area (Å²) in [5.74, 6) is -0.170. The highest BCUT2D eigenvalue weighted by Gasteiger charge is 2.23. The molecular weight excluding hydrogens is 318 g/mol. The van der Waals surface area contributed by atoms with Crippen LogP contribution in [0, 0.1) is 18.3 Å². The maximum atomic E-state index is 12.6. The molecule has 1 aromatic heterocycles. The van der Waals surface area contributed by atoms with Gasteiger partial charge in [0.25, 0.3) is 5.91 Å². The van der Waals surface area contributed by atoms with Gasteiger partial charge in [-0.15, -0.1) is 11.3 Å². The SMILES string of the molecule is Cc1ccc(/C=C(/C#N)C(=O)N2CCN(c3ccccc3)CC2)s1. The van der Waals surface area contributed by atoms with Gasteiger partial charge in [0.2, 0.25) is 0 Å². The Kier molecular flexibility index (Phi) is 4.97. The summed E-state index contributed by atoms with van der Waals surface area (Å²) < 4.78 is 0. The summed E-state index contributed by atoms with van der Waals surface area (Å²) in [7, 11) is 0. The van der Waals surface area contributed by atoms with E-state index in [1.165, 1.54) is 10.6 Å². The first kappa shape index (κ1) is 16.3. The molecule has 0 spiro atoms. The Bertz CT molecular complexity index is 780. The molecule has 0 radical (unpaired) electrons. The first-order valence-corrected chi connectivity index (χ1v) is 8.76. The largest absolute Gasteiger partial charge is 0.368 e. The van der Waals surface area contributed by atoms with Gasteiger partial charge in [0.05, 0.1) is 0 Å². The van der Waals surface area contributed by atoms with Gasteiger partial charge in [-0.3, -0.25) is 4.79 Å². The minimum Gasteiger partial charge on any atom is -0.368 e. The van der Waals surface area contributed by atoms with Crippen LogP contribution in [0.1, 0.15) is 9.75 Å². The summed E-state index contributed by atoms with van der Waals surface area (Å²) in [6.07, 6.45) is 1.70. The van der Waals surface area contributed by atoms with Crippen LogP contribution in [0.5, 0.6) is 0 Å². The fourth-order valence-corrected chi connectivity index (χ4v) is 3.61. The molecule has 0 saturated carbocycles. The summed E-state index contributed by atoms with van der Waals surface area (Å²) in [6.45, 7) is 4.85. The van der Waals surface area contributed by atoms with E-state index in [1.54, 1.807) is 22.3 Å². The Labute approximate surface area is 146 Å². The quantitative estimate of drug-likeness (QED) is 0.638. The van der Waals surface area contributed by atoms with E-state index in [1.807, 2.05) is 37.3 Å². The number of benzene rings is 1. The number of rotatable bonds is 3. The number of carbonyl (C=O) groups is 1. The molecule has 0 atom stereocenters. The highest BCUT2D eigenvalue weighted by atomic mass is 32.1. The molecule has 24 heavy (non-hydrogen) atoms. The lowest BCUT2D eigenvalue weighted by Crippen LogP contribution is -2.49. The van der Waals surface area contributed by atoms with Crippen LogP contribution in [0.25, 0.3) is 6.08 Å². The van der Waals surface area contributed by atoms with Crippen molar-refractivity contribution in [2.75, 3.05) is 31.1 Å². The van der Waals surface area contributed by atoms with Crippen LogP contribution >= 0.6 is 11.3 Å². The van der Waals surface area contributed by atoms with Crippen LogP contribution < -0.4 is 4.90 Å². The van der Waals surface area contributed by atoms with Gasteiger partial charge in [-0.2, -0.15) is 5.26 Å². The van der Waals surface area contributed by atoms with Gasteiger partial charge in [-0.05, 0) is 37.3 Å². The predicted octanol–water partition coefficient (Wildman–Crippen LogP) is 3.31. The van der Waals surface area contributed by atoms with Crippen molar-refractivity contribution in [2.24, 2.45) is 0 Å². The maximum Gasteiger partial charge on any atom is 0.264 e. The molecule has 1 fully saturated rings. The molecule has 1 saturated heterocycles. The standard InChI is InChI=1S/C19H19N3OS/c1-15-7-8-18(24-15)13-16(14-20)19(23)22-11-9-21(10-12-22)17-5-3-2-4-6-17/h2-8,13H,9-12H2,1H3/b16-13-. The minimum atomic E-state index is -0.170. The molecule has 1 aromatic carbocycles. The van der Waals surface area contributed by atoms with Crippen molar-refractivity contribution in [2.45, 2.75) is 6.92 Å². The number of nitriles is 1. The van der Waals surface area contributed by atoms with E-state index < -0.39 is 0 Å². The first-order valence-electron chi connectivity index (χ1n) is 7.95. The lowest BCUT2D eigenvalue weighted by Gasteiger charge is -2.36. The normalized spacial score (nSPS) is 15.2. The molecule has 4 nitrogen and oxygen atoms in total. The monoisotopic (exact) mass is 337 g/mol. The number of hydrogen-bond donors (Lipinski definition) is 0. The number of hydrogen-bond acceptors (Lipinski definition) is 4. The fraction of sp³-hybridized carbons (Fsp3) is 0.263. The van der Waals surface area contributed by atoms with Gasteiger partial charge in [0.1, 0.15) is 11.6 Å². The molecule has 0 N–H and O–H groups in total. The number of thiophene rings is 1. The lowest BCUT2D eigenvalue weighted by atomic mass is 10.2. The molecule has 0 unspecified atom stereocenters. The zero-order chi connectivity index (χ0) is 16.9. The maximum absolute atomic E-state index is 12.6. The van der Waals surface area contributed by atoms with Gasteiger partial charge in [0.15, 0.2) is 0 Å². The molecule has 2 heterocycles. The third-order valence-electron chi connectivity index (χ3n) is 4.09. The Hall–Kier alpha value is -2.58. The molecule has 0 bridgehead atoms. The number of piperazine rings is 1. The topological polar surface area (TPSA) is 47.3 Å². The Morgan fingerprint density at radius 1 is 1.12 bits per heavy atom. The summed E-state index contributed by atoms with van der Waals surface area (Å²) in [6, 6.07) is 16.2. The summed E-state index contributed by atoms with van der Waals surface area (Å²) >= 11 is 1.59. The molecule has 5 heteroatoms. The van der Waals surface area contributed by atoms with Crippen molar-refractivity contribution in [1.82, 2.24) is 4.90 Å². The van der Waals surface area contributed by atoms with E-state index in [0.717, 1.165) is 18.0 Å². The van der Waals surface area contributed by atoms with Crippen molar-refractivity contribution in [3.05, 3.63) is 57.8 Å². The van der Waals surface area contributed by atoms with Crippen LogP contribution in [-0.4, -0.2) is 37.0 Å². The van der Waals surface area contributed by atoms with Gasteiger partial charge in [-0.25, -0.2) is 0 Å². The number of aryl methyl sites for hydroxylation is 1. The zero-order valence-electron chi connectivity index (χ0n) is 13.6. The fourth-order valence-electron chi connectivity index (χ4n) is 2.79. The van der Waals surface area contributed by atoms with Crippen LogP contribution in [0.4, 0.5) is 5.69 Å². The number of amides is 1. The summed E-state index contributed by atoms with van der Waals surface area (Å²) in [5.41, 5.74) is 1.39. The molecule has 1 amide bonds. The smallest absolute Gasteiger partial charge is 0.264 e. The van der Waals surface area contributed by atoms with Crippen molar-refractivity contribution in [3.8, 4) is 6.07 Å². The highest BCUT2D eigenvalue weighted by Crippen LogP contribution is 2.20. The van der Waals surface area contributed by atoms with E-state index in [4.69, 9.17) is 0 Å². The van der Waals surface area contributed by atoms with Crippen LogP contribution in [0.3, 0.4) is 0 Å². The molecule has 3 rings (SSSR count). The van der Waals surface area contributed by atoms with Gasteiger partial charge in [-0.1, -0.05) is 18.2 Å².